The summed E-state index contributed by atoms with van der Waals surface area (Å²) in [7, 11) is 0. The molecule has 3 rings (SSSR count). The normalized spacial score (nSPS) is 10.7. The largest absolute Gasteiger partial charge is 0.343 e. The van der Waals surface area contributed by atoms with Gasteiger partial charge in [0.2, 0.25) is 0 Å². The molecule has 1 N–H and O–H groups in total. The van der Waals surface area contributed by atoms with Crippen LogP contribution in [0.3, 0.4) is 0 Å². The number of hydrogen-bond donors (Lipinski definition) is 1. The number of nitrogens with zero attached hydrogens (tertiary/aromatic N) is 3. The lowest BCUT2D eigenvalue weighted by molar-refractivity contribution is -0.384. The molecule has 0 atom stereocenters. The number of nitro groups is 1. The van der Waals surface area contributed by atoms with Crippen molar-refractivity contribution >= 4 is 17.4 Å². The third-order valence-corrected chi connectivity index (χ3v) is 4.75. The minimum Gasteiger partial charge on any atom is -0.270 e. The van der Waals surface area contributed by atoms with Crippen LogP contribution in [0.1, 0.15) is 11.1 Å². The third kappa shape index (κ3) is 4.36. The number of nitrogens with one attached hydrogen (secondary N) is 1. The van der Waals surface area contributed by atoms with Crippen LogP contribution in [0.25, 0.3) is 0 Å². The van der Waals surface area contributed by atoms with E-state index < -0.39 is 4.92 Å². The summed E-state index contributed by atoms with van der Waals surface area (Å²) < 4.78 is 1.61. The molecule has 1 aromatic heterocycles. The summed E-state index contributed by atoms with van der Waals surface area (Å²) in [4.78, 5) is 22.2. The van der Waals surface area contributed by atoms with Gasteiger partial charge in [-0.2, -0.15) is 0 Å². The number of aryl methyl sites for hydroxylation is 1. The van der Waals surface area contributed by atoms with Gasteiger partial charge in [0.15, 0.2) is 5.16 Å². The van der Waals surface area contributed by atoms with E-state index in [4.69, 9.17) is 0 Å². The van der Waals surface area contributed by atoms with Crippen LogP contribution in [-0.4, -0.2) is 19.7 Å². The van der Waals surface area contributed by atoms with Crippen molar-refractivity contribution in [3.05, 3.63) is 86.3 Å². The molecule has 128 valence electrons. The number of benzene rings is 2. The van der Waals surface area contributed by atoms with Crippen molar-refractivity contribution < 1.29 is 4.92 Å². The average molecular weight is 356 g/mol. The van der Waals surface area contributed by atoms with Gasteiger partial charge in [0, 0.05) is 24.4 Å². The van der Waals surface area contributed by atoms with Crippen LogP contribution in [0.2, 0.25) is 0 Å². The second kappa shape index (κ2) is 7.80. The first-order valence-corrected chi connectivity index (χ1v) is 8.67. The van der Waals surface area contributed by atoms with E-state index in [0.29, 0.717) is 17.5 Å². The fraction of sp³-hybridized carbons (Fsp3) is 0.176. The van der Waals surface area contributed by atoms with Gasteiger partial charge in [0.1, 0.15) is 0 Å². The van der Waals surface area contributed by atoms with E-state index in [9.17, 15) is 14.9 Å². The Labute approximate surface area is 147 Å². The van der Waals surface area contributed by atoms with Gasteiger partial charge in [-0.1, -0.05) is 54.2 Å². The first kappa shape index (κ1) is 17.0. The first-order chi connectivity index (χ1) is 12.1. The van der Waals surface area contributed by atoms with E-state index in [2.05, 4.69) is 10.2 Å². The lowest BCUT2D eigenvalue weighted by Gasteiger charge is -2.06. The number of nitro benzene ring substituents is 1. The molecule has 3 aromatic rings. The number of H-pyrrole nitrogens is 1. The molecule has 0 fully saturated rings. The smallest absolute Gasteiger partial charge is 0.270 e. The van der Waals surface area contributed by atoms with Crippen molar-refractivity contribution in [3.8, 4) is 0 Å². The summed E-state index contributed by atoms with van der Waals surface area (Å²) in [6, 6.07) is 16.3. The maximum atomic E-state index is 11.9. The molecule has 0 saturated heterocycles. The number of non-ortho nitro benzene ring substituents is 1. The van der Waals surface area contributed by atoms with E-state index in [-0.39, 0.29) is 11.4 Å². The first-order valence-electron chi connectivity index (χ1n) is 7.69. The lowest BCUT2D eigenvalue weighted by atomic mass is 10.1. The van der Waals surface area contributed by atoms with Gasteiger partial charge >= 0.3 is 5.69 Å². The molecule has 8 heteroatoms. The van der Waals surface area contributed by atoms with Crippen LogP contribution in [0, 0.1) is 10.1 Å². The molecule has 0 unspecified atom stereocenters. The van der Waals surface area contributed by atoms with E-state index in [1.165, 1.54) is 23.9 Å². The Kier molecular flexibility index (Phi) is 5.30. The highest BCUT2D eigenvalue weighted by molar-refractivity contribution is 7.98. The molecular formula is C17H16N4O3S. The molecule has 0 aliphatic rings. The predicted octanol–water partition coefficient (Wildman–Crippen LogP) is 3.01. The third-order valence-electron chi connectivity index (χ3n) is 3.71. The van der Waals surface area contributed by atoms with Crippen LogP contribution >= 0.6 is 11.8 Å². The van der Waals surface area contributed by atoms with Gasteiger partial charge < -0.3 is 0 Å². The zero-order valence-corrected chi connectivity index (χ0v) is 14.1. The minimum atomic E-state index is -0.425. The number of rotatable bonds is 7. The maximum Gasteiger partial charge on any atom is 0.343 e. The molecule has 0 bridgehead atoms. The summed E-state index contributed by atoms with van der Waals surface area (Å²) in [5, 5.41) is 17.8. The molecule has 0 spiro atoms. The molecule has 1 heterocycles. The van der Waals surface area contributed by atoms with Gasteiger partial charge in [-0.15, -0.1) is 5.10 Å². The quantitative estimate of drug-likeness (QED) is 0.399. The Balaban J connectivity index is 1.65. The highest BCUT2D eigenvalue weighted by Crippen LogP contribution is 2.21. The summed E-state index contributed by atoms with van der Waals surface area (Å²) in [6.45, 7) is 0.544. The molecule has 0 saturated carbocycles. The van der Waals surface area contributed by atoms with E-state index in [1.807, 2.05) is 30.3 Å². The van der Waals surface area contributed by atoms with Crippen molar-refractivity contribution in [1.29, 1.82) is 0 Å². The number of thioether (sulfide) groups is 1. The average Bonchev–Trinajstić information content (AvgIpc) is 2.99. The standard InChI is InChI=1S/C17H16N4O3S/c22-16-18-19-17(20(16)11-10-13-4-2-1-3-5-13)25-12-14-6-8-15(9-7-14)21(23)24/h1-9H,10-12H2,(H,18,22). The summed E-state index contributed by atoms with van der Waals surface area (Å²) >= 11 is 1.42. The van der Waals surface area contributed by atoms with Gasteiger partial charge in [-0.25, -0.2) is 9.89 Å². The monoisotopic (exact) mass is 356 g/mol. The highest BCUT2D eigenvalue weighted by atomic mass is 32.2. The van der Waals surface area contributed by atoms with Gasteiger partial charge in [0.05, 0.1) is 4.92 Å². The van der Waals surface area contributed by atoms with Crippen molar-refractivity contribution in [1.82, 2.24) is 14.8 Å². The second-order valence-corrected chi connectivity index (χ2v) is 6.35. The van der Waals surface area contributed by atoms with E-state index in [1.54, 1.807) is 16.7 Å². The second-order valence-electron chi connectivity index (χ2n) is 5.41. The Morgan fingerprint density at radius 3 is 2.48 bits per heavy atom. The Hall–Kier alpha value is -2.87. The molecule has 0 radical (unpaired) electrons. The fourth-order valence-electron chi connectivity index (χ4n) is 2.36. The Morgan fingerprint density at radius 1 is 1.08 bits per heavy atom. The number of hydrogen-bond acceptors (Lipinski definition) is 5. The van der Waals surface area contributed by atoms with E-state index in [0.717, 1.165) is 17.5 Å². The predicted molar refractivity (Wildman–Crippen MR) is 95.7 cm³/mol. The van der Waals surface area contributed by atoms with Crippen LogP contribution in [0.5, 0.6) is 0 Å². The topological polar surface area (TPSA) is 93.8 Å². The molecular weight excluding hydrogens is 340 g/mol. The highest BCUT2D eigenvalue weighted by Gasteiger charge is 2.10. The summed E-state index contributed by atoms with van der Waals surface area (Å²) in [5.41, 5.74) is 1.91. The molecule has 0 amide bonds. The van der Waals surface area contributed by atoms with Crippen molar-refractivity contribution in [2.45, 2.75) is 23.9 Å². The van der Waals surface area contributed by atoms with Crippen LogP contribution in [0.4, 0.5) is 5.69 Å². The molecule has 7 nitrogen and oxygen atoms in total. The Morgan fingerprint density at radius 2 is 1.80 bits per heavy atom. The molecule has 2 aromatic carbocycles. The Bertz CT molecular complexity index is 904. The zero-order valence-electron chi connectivity index (χ0n) is 13.3. The zero-order chi connectivity index (χ0) is 17.6. The summed E-state index contributed by atoms with van der Waals surface area (Å²) in [6.07, 6.45) is 0.741. The van der Waals surface area contributed by atoms with Crippen LogP contribution in [0.15, 0.2) is 64.5 Å². The fourth-order valence-corrected chi connectivity index (χ4v) is 3.29. The van der Waals surface area contributed by atoms with Gasteiger partial charge in [-0.05, 0) is 17.5 Å². The molecule has 25 heavy (non-hydrogen) atoms. The van der Waals surface area contributed by atoms with Crippen LogP contribution < -0.4 is 5.69 Å². The van der Waals surface area contributed by atoms with Gasteiger partial charge in [-0.3, -0.25) is 14.7 Å². The minimum absolute atomic E-state index is 0.0632. The van der Waals surface area contributed by atoms with E-state index >= 15 is 0 Å². The van der Waals surface area contributed by atoms with Crippen molar-refractivity contribution in [2.24, 2.45) is 0 Å². The SMILES string of the molecule is O=c1[nH]nc(SCc2ccc([N+](=O)[O-])cc2)n1CCc1ccccc1. The maximum absolute atomic E-state index is 11.9. The lowest BCUT2D eigenvalue weighted by Crippen LogP contribution is -2.18. The number of aromatic amines is 1. The van der Waals surface area contributed by atoms with Gasteiger partial charge in [0.25, 0.3) is 5.69 Å². The van der Waals surface area contributed by atoms with Crippen LogP contribution in [-0.2, 0) is 18.7 Å². The molecule has 0 aliphatic carbocycles. The van der Waals surface area contributed by atoms with Crippen molar-refractivity contribution in [2.75, 3.05) is 0 Å². The summed E-state index contributed by atoms with van der Waals surface area (Å²) in [5.74, 6) is 0.577. The van der Waals surface area contributed by atoms with Crippen molar-refractivity contribution in [3.63, 3.8) is 0 Å². The molecule has 0 aliphatic heterocycles. The number of aromatic nitrogens is 3.